The number of ether oxygens (including phenoxy) is 2. The monoisotopic (exact) mass is 296 g/mol. The molecule has 4 heteroatoms. The second kappa shape index (κ2) is 20.2. The van der Waals surface area contributed by atoms with Gasteiger partial charge in [-0.15, -0.1) is 13.2 Å². The number of carbonyl (C=O) groups excluding carboxylic acids is 2. The largest absolute Gasteiger partial charge is 0.466 e. The van der Waals surface area contributed by atoms with Gasteiger partial charge >= 0.3 is 11.9 Å². The zero-order chi connectivity index (χ0) is 17.1. The van der Waals surface area contributed by atoms with Crippen LogP contribution in [0.2, 0.25) is 0 Å². The molecule has 1 aliphatic rings. The van der Waals surface area contributed by atoms with E-state index in [4.69, 9.17) is 0 Å². The smallest absolute Gasteiger partial charge is 0.329 e. The highest BCUT2D eigenvalue weighted by Gasteiger charge is 1.95. The first-order chi connectivity index (χ1) is 10.0. The first-order valence-corrected chi connectivity index (χ1v) is 6.58. The minimum absolute atomic E-state index is 0.394. The molecule has 0 atom stereocenters. The molecule has 0 amide bonds. The molecule has 0 saturated heterocycles. The van der Waals surface area contributed by atoms with Gasteiger partial charge in [-0.2, -0.15) is 0 Å². The van der Waals surface area contributed by atoms with Crippen LogP contribution in [0.5, 0.6) is 0 Å². The number of methoxy groups -OCH3 is 2. The molecule has 0 aromatic heterocycles. The Labute approximate surface area is 128 Å². The van der Waals surface area contributed by atoms with Crippen LogP contribution in [0.15, 0.2) is 50.1 Å². The van der Waals surface area contributed by atoms with Crippen LogP contribution in [0.3, 0.4) is 0 Å². The van der Waals surface area contributed by atoms with E-state index in [0.29, 0.717) is 0 Å². The number of esters is 2. The van der Waals surface area contributed by atoms with E-state index >= 15 is 0 Å². The van der Waals surface area contributed by atoms with Crippen LogP contribution >= 0.6 is 0 Å². The molecule has 0 radical (unpaired) electrons. The summed E-state index contributed by atoms with van der Waals surface area (Å²) < 4.78 is 8.28. The molecule has 21 heavy (non-hydrogen) atoms. The summed E-state index contributed by atoms with van der Waals surface area (Å²) >= 11 is 0. The predicted octanol–water partition coefficient (Wildman–Crippen LogP) is 4.00. The Kier molecular flexibility index (Phi) is 23.1. The quantitative estimate of drug-likeness (QED) is 0.439. The van der Waals surface area contributed by atoms with Crippen molar-refractivity contribution in [2.45, 2.75) is 32.6 Å². The summed E-state index contributed by atoms with van der Waals surface area (Å²) in [6, 6.07) is 0. The standard InChI is InChI=1S/C7H12.2C4H6O2.C2H4/c1-7-5-3-2-4-6-7;2*1-3-4(5)6-2;1-2/h5H,2-4,6H2,1H3;2*3H,1H2,2H3;1-2H2. The molecule has 0 aromatic carbocycles. The summed E-state index contributed by atoms with van der Waals surface area (Å²) in [6.07, 6.45) is 10.1. The third-order valence-electron chi connectivity index (χ3n) is 2.25. The minimum atomic E-state index is -0.394. The van der Waals surface area contributed by atoms with Crippen molar-refractivity contribution in [3.8, 4) is 0 Å². The summed E-state index contributed by atoms with van der Waals surface area (Å²) in [6.45, 7) is 14.5. The van der Waals surface area contributed by atoms with Crippen molar-refractivity contribution < 1.29 is 19.1 Å². The molecule has 0 N–H and O–H groups in total. The third kappa shape index (κ3) is 23.4. The van der Waals surface area contributed by atoms with Gasteiger partial charge in [0, 0.05) is 12.2 Å². The van der Waals surface area contributed by atoms with E-state index in [-0.39, 0.29) is 0 Å². The van der Waals surface area contributed by atoms with Crippen molar-refractivity contribution in [2.75, 3.05) is 14.2 Å². The van der Waals surface area contributed by atoms with Crippen LogP contribution in [0.25, 0.3) is 0 Å². The maximum atomic E-state index is 9.84. The van der Waals surface area contributed by atoms with Crippen LogP contribution in [0.1, 0.15) is 32.6 Å². The second-order valence-electron chi connectivity index (χ2n) is 3.75. The summed E-state index contributed by atoms with van der Waals surface area (Å²) in [4.78, 5) is 19.7. The van der Waals surface area contributed by atoms with Crippen LogP contribution < -0.4 is 0 Å². The van der Waals surface area contributed by atoms with E-state index in [1.807, 2.05) is 0 Å². The van der Waals surface area contributed by atoms with Gasteiger partial charge in [0.05, 0.1) is 14.2 Å². The second-order valence-corrected chi connectivity index (χ2v) is 3.75. The van der Waals surface area contributed by atoms with Crippen molar-refractivity contribution in [3.05, 3.63) is 50.1 Å². The lowest BCUT2D eigenvalue weighted by Crippen LogP contribution is -1.91. The number of hydrogen-bond donors (Lipinski definition) is 0. The Bertz CT molecular complexity index is 310. The predicted molar refractivity (Wildman–Crippen MR) is 87.9 cm³/mol. The van der Waals surface area contributed by atoms with Gasteiger partial charge < -0.3 is 9.47 Å². The molecule has 0 spiro atoms. The topological polar surface area (TPSA) is 52.6 Å². The van der Waals surface area contributed by atoms with Crippen molar-refractivity contribution >= 4 is 11.9 Å². The molecule has 4 nitrogen and oxygen atoms in total. The average molecular weight is 296 g/mol. The Balaban J connectivity index is -0.000000219. The Hall–Kier alpha value is -2.10. The van der Waals surface area contributed by atoms with E-state index in [2.05, 4.69) is 48.8 Å². The molecule has 0 aliphatic heterocycles. The summed E-state index contributed by atoms with van der Waals surface area (Å²) in [7, 11) is 2.62. The van der Waals surface area contributed by atoms with Gasteiger partial charge in [0.25, 0.3) is 0 Å². The van der Waals surface area contributed by atoms with Crippen LogP contribution in [0, 0.1) is 0 Å². The van der Waals surface area contributed by atoms with E-state index < -0.39 is 11.9 Å². The highest BCUT2D eigenvalue weighted by molar-refractivity contribution is 5.81. The highest BCUT2D eigenvalue weighted by Crippen LogP contribution is 2.15. The average Bonchev–Trinajstić information content (AvgIpc) is 2.57. The van der Waals surface area contributed by atoms with Crippen LogP contribution in [-0.4, -0.2) is 26.2 Å². The van der Waals surface area contributed by atoms with Crippen molar-refractivity contribution in [1.82, 2.24) is 0 Å². The van der Waals surface area contributed by atoms with Gasteiger partial charge in [0.1, 0.15) is 0 Å². The van der Waals surface area contributed by atoms with Crippen molar-refractivity contribution in [3.63, 3.8) is 0 Å². The normalized spacial score (nSPS) is 11.3. The zero-order valence-corrected chi connectivity index (χ0v) is 13.5. The van der Waals surface area contributed by atoms with Gasteiger partial charge in [-0.3, -0.25) is 0 Å². The van der Waals surface area contributed by atoms with E-state index in [0.717, 1.165) is 12.2 Å². The molecule has 1 rings (SSSR count). The molecule has 0 aromatic rings. The Morgan fingerprint density at radius 1 is 1.05 bits per heavy atom. The highest BCUT2D eigenvalue weighted by atomic mass is 16.5. The Morgan fingerprint density at radius 2 is 1.48 bits per heavy atom. The molecule has 0 saturated carbocycles. The maximum absolute atomic E-state index is 9.84. The fraction of sp³-hybridized carbons (Fsp3) is 0.412. The maximum Gasteiger partial charge on any atom is 0.329 e. The summed E-state index contributed by atoms with van der Waals surface area (Å²) in [5.41, 5.74) is 1.59. The number of hydrogen-bond acceptors (Lipinski definition) is 4. The van der Waals surface area contributed by atoms with Crippen LogP contribution in [-0.2, 0) is 19.1 Å². The van der Waals surface area contributed by atoms with Gasteiger partial charge in [0.2, 0.25) is 0 Å². The first-order valence-electron chi connectivity index (χ1n) is 6.58. The molecular formula is C17H28O4. The number of allylic oxidation sites excluding steroid dienone is 2. The van der Waals surface area contributed by atoms with Crippen LogP contribution in [0.4, 0.5) is 0 Å². The van der Waals surface area contributed by atoms with E-state index in [9.17, 15) is 9.59 Å². The molecule has 1 aliphatic carbocycles. The Morgan fingerprint density at radius 3 is 1.57 bits per heavy atom. The first kappa shape index (κ1) is 24.0. The minimum Gasteiger partial charge on any atom is -0.466 e. The lowest BCUT2D eigenvalue weighted by Gasteiger charge is -2.05. The van der Waals surface area contributed by atoms with Gasteiger partial charge in [0.15, 0.2) is 0 Å². The molecule has 120 valence electrons. The molecule has 0 fully saturated rings. The number of carbonyl (C=O) groups is 2. The molecule has 0 heterocycles. The lowest BCUT2D eigenvalue weighted by atomic mass is 10.0. The van der Waals surface area contributed by atoms with E-state index in [1.165, 1.54) is 39.9 Å². The zero-order valence-electron chi connectivity index (χ0n) is 13.5. The lowest BCUT2D eigenvalue weighted by molar-refractivity contribution is -0.135. The molecule has 0 bridgehead atoms. The van der Waals surface area contributed by atoms with Gasteiger partial charge in [-0.1, -0.05) is 24.8 Å². The van der Waals surface area contributed by atoms with Crippen molar-refractivity contribution in [2.24, 2.45) is 0 Å². The summed E-state index contributed by atoms with van der Waals surface area (Å²) in [5, 5.41) is 0. The summed E-state index contributed by atoms with van der Waals surface area (Å²) in [5.74, 6) is -0.787. The SMILES string of the molecule is C=C.C=CC(=O)OC.C=CC(=O)OC.CC1=CCCCC1. The van der Waals surface area contributed by atoms with Crippen molar-refractivity contribution in [1.29, 1.82) is 0 Å². The molecule has 0 unspecified atom stereocenters. The van der Waals surface area contributed by atoms with Gasteiger partial charge in [-0.05, 0) is 32.6 Å². The van der Waals surface area contributed by atoms with E-state index in [1.54, 1.807) is 5.57 Å². The van der Waals surface area contributed by atoms with Gasteiger partial charge in [-0.25, -0.2) is 9.59 Å². The number of rotatable bonds is 2. The fourth-order valence-corrected chi connectivity index (χ4v) is 1.17. The fourth-order valence-electron chi connectivity index (χ4n) is 1.17. The third-order valence-corrected chi connectivity index (χ3v) is 2.25. The molecular weight excluding hydrogens is 268 g/mol.